The summed E-state index contributed by atoms with van der Waals surface area (Å²) in [4.78, 5) is 122. The molecule has 2 aliphatic rings. The molecule has 3 atom stereocenters. The van der Waals surface area contributed by atoms with Crippen molar-refractivity contribution in [2.24, 2.45) is 29.4 Å². The average molecular weight is 1140 g/mol. The summed E-state index contributed by atoms with van der Waals surface area (Å²) in [6.45, 7) is 11.6. The van der Waals surface area contributed by atoms with Gasteiger partial charge in [0.2, 0.25) is 29.5 Å². The number of H-pyrrole nitrogens is 1. The van der Waals surface area contributed by atoms with Crippen LogP contribution in [0.15, 0.2) is 53.3 Å². The van der Waals surface area contributed by atoms with E-state index in [0.717, 1.165) is 63.7 Å². The Labute approximate surface area is 477 Å². The van der Waals surface area contributed by atoms with E-state index in [4.69, 9.17) is 26.8 Å². The summed E-state index contributed by atoms with van der Waals surface area (Å²) < 4.78 is 12.8. The Bertz CT molecular complexity index is 2810. The Morgan fingerprint density at radius 3 is 2.02 bits per heavy atom. The fraction of sp³-hybridized carbons (Fsp3) is 0.571. The quantitative estimate of drug-likeness (QED) is 0.0265. The molecule has 8 amide bonds. The lowest BCUT2D eigenvalue weighted by atomic mass is 9.78. The minimum atomic E-state index is -1.02. The number of anilines is 2. The number of carbonyl (C=O) groups excluding carboxylic acids is 7. The van der Waals surface area contributed by atoms with Crippen molar-refractivity contribution in [1.82, 2.24) is 55.9 Å². The Morgan fingerprint density at radius 1 is 0.756 bits per heavy atom. The van der Waals surface area contributed by atoms with Crippen molar-refractivity contribution in [3.63, 3.8) is 0 Å². The average Bonchev–Trinajstić information content (AvgIpc) is 4.00. The van der Waals surface area contributed by atoms with Crippen LogP contribution in [-0.4, -0.2) is 142 Å². The molecule has 2 saturated heterocycles. The maximum Gasteiger partial charge on any atom is 0.408 e. The zero-order chi connectivity index (χ0) is 59.1. The number of hydrogen-bond donors (Lipinski definition) is 10. The Balaban J connectivity index is 0.970. The SMILES string of the molecule is CCCCOc1nc(N)c2[nH]c(=O)n(Cc3ccc(CN4CCC(C5CCN(C(=O)[C@H](CCCCNC(=O)CON)NC(=O)OCc6ccc(NC(=O)[C@H](CCCNC(N)=O)NC(=O)[C@@H](NC(C)=O)C(C)C)cc6)CC5)CC4)cc3)c2n1. The molecule has 4 aromatic rings. The van der Waals surface area contributed by atoms with Crippen LogP contribution in [0.1, 0.15) is 115 Å². The number of nitrogens with two attached hydrogens (primary N) is 3. The second-order valence-corrected chi connectivity index (χ2v) is 21.4. The molecule has 448 valence electrons. The van der Waals surface area contributed by atoms with Gasteiger partial charge in [0.05, 0.1) is 13.2 Å². The van der Waals surface area contributed by atoms with Crippen molar-refractivity contribution < 1.29 is 47.9 Å². The number of hydrogen-bond acceptors (Lipinski definition) is 16. The van der Waals surface area contributed by atoms with Crippen LogP contribution >= 0.6 is 0 Å². The number of nitrogen functional groups attached to an aromatic ring is 1. The van der Waals surface area contributed by atoms with Gasteiger partial charge in [0, 0.05) is 45.3 Å². The molecule has 0 spiro atoms. The molecule has 2 aromatic carbocycles. The number of primary amides is 1. The Hall–Kier alpha value is -7.84. The van der Waals surface area contributed by atoms with Crippen LogP contribution in [0, 0.1) is 17.8 Å². The fourth-order valence-electron chi connectivity index (χ4n) is 10.3. The second-order valence-electron chi connectivity index (χ2n) is 21.4. The van der Waals surface area contributed by atoms with Crippen molar-refractivity contribution in [3.8, 4) is 6.01 Å². The van der Waals surface area contributed by atoms with Crippen molar-refractivity contribution in [1.29, 1.82) is 0 Å². The van der Waals surface area contributed by atoms with Crippen molar-refractivity contribution in [2.45, 2.75) is 136 Å². The first kappa shape index (κ1) is 63.3. The smallest absolute Gasteiger partial charge is 0.408 e. The number of fused-ring (bicyclic) bond motifs is 1. The maximum atomic E-state index is 14.2. The number of piperidine rings is 2. The van der Waals surface area contributed by atoms with Gasteiger partial charge in [-0.05, 0) is 124 Å². The highest BCUT2D eigenvalue weighted by Gasteiger charge is 2.34. The minimum absolute atomic E-state index is 0.141. The van der Waals surface area contributed by atoms with Crippen LogP contribution in [0.5, 0.6) is 6.01 Å². The molecule has 2 aromatic heterocycles. The fourth-order valence-corrected chi connectivity index (χ4v) is 10.3. The molecule has 82 heavy (non-hydrogen) atoms. The minimum Gasteiger partial charge on any atom is -0.463 e. The highest BCUT2D eigenvalue weighted by Crippen LogP contribution is 2.33. The third-order valence-corrected chi connectivity index (χ3v) is 14.8. The largest absolute Gasteiger partial charge is 0.463 e. The normalized spacial score (nSPS) is 15.3. The number of benzene rings is 2. The summed E-state index contributed by atoms with van der Waals surface area (Å²) in [5, 5.41) is 16.1. The predicted octanol–water partition coefficient (Wildman–Crippen LogP) is 2.88. The van der Waals surface area contributed by atoms with Gasteiger partial charge in [0.1, 0.15) is 36.9 Å². The molecule has 0 aliphatic carbocycles. The number of amides is 8. The zero-order valence-electron chi connectivity index (χ0n) is 47.6. The van der Waals surface area contributed by atoms with Crippen molar-refractivity contribution in [2.75, 3.05) is 63.5 Å². The molecule has 0 unspecified atom stereocenters. The van der Waals surface area contributed by atoms with Gasteiger partial charge in [0.15, 0.2) is 11.5 Å². The van der Waals surface area contributed by atoms with E-state index in [1.54, 1.807) is 42.7 Å². The van der Waals surface area contributed by atoms with E-state index in [2.05, 4.69) is 75.6 Å². The van der Waals surface area contributed by atoms with E-state index >= 15 is 0 Å². The van der Waals surface area contributed by atoms with Gasteiger partial charge in [-0.25, -0.2) is 20.3 Å². The number of alkyl carbamates (subject to hydrolysis) is 1. The Morgan fingerprint density at radius 2 is 1.39 bits per heavy atom. The van der Waals surface area contributed by atoms with E-state index in [-0.39, 0.29) is 61.4 Å². The van der Waals surface area contributed by atoms with Crippen molar-refractivity contribution in [3.05, 3.63) is 75.7 Å². The number of aromatic nitrogens is 4. The predicted molar refractivity (Wildman–Crippen MR) is 306 cm³/mol. The van der Waals surface area contributed by atoms with E-state index < -0.39 is 48.0 Å². The van der Waals surface area contributed by atoms with Crippen LogP contribution in [0.3, 0.4) is 0 Å². The van der Waals surface area contributed by atoms with Crippen molar-refractivity contribution >= 4 is 64.3 Å². The lowest BCUT2D eigenvalue weighted by Gasteiger charge is -2.41. The van der Waals surface area contributed by atoms with Gasteiger partial charge in [-0.1, -0.05) is 63.6 Å². The number of rotatable bonds is 30. The summed E-state index contributed by atoms with van der Waals surface area (Å²) in [7, 11) is 0. The van der Waals surface area contributed by atoms with E-state index in [9.17, 15) is 38.4 Å². The van der Waals surface area contributed by atoms with Gasteiger partial charge in [-0.3, -0.25) is 38.3 Å². The van der Waals surface area contributed by atoms with Gasteiger partial charge in [-0.2, -0.15) is 9.97 Å². The second kappa shape index (κ2) is 32.0. The van der Waals surface area contributed by atoms with Crippen LogP contribution in [0.2, 0.25) is 0 Å². The molecule has 0 bridgehead atoms. The number of urea groups is 1. The molecule has 0 radical (unpaired) electrons. The lowest BCUT2D eigenvalue weighted by molar-refractivity contribution is -0.135. The summed E-state index contributed by atoms with van der Waals surface area (Å²) in [6, 6.07) is 11.5. The molecule has 0 saturated carbocycles. The van der Waals surface area contributed by atoms with Crippen LogP contribution in [-0.2, 0) is 53.2 Å². The highest BCUT2D eigenvalue weighted by molar-refractivity contribution is 5.98. The number of nitrogens with zero attached hydrogens (tertiary/aromatic N) is 5. The third kappa shape index (κ3) is 19.7. The first-order valence-electron chi connectivity index (χ1n) is 28.4. The monoisotopic (exact) mass is 1140 g/mol. The zero-order valence-corrected chi connectivity index (χ0v) is 47.6. The third-order valence-electron chi connectivity index (χ3n) is 14.8. The molecule has 26 nitrogen and oxygen atoms in total. The van der Waals surface area contributed by atoms with E-state index in [1.165, 1.54) is 12.5 Å². The first-order valence-corrected chi connectivity index (χ1v) is 28.4. The summed E-state index contributed by atoms with van der Waals surface area (Å²) >= 11 is 0. The number of imidazole rings is 1. The summed E-state index contributed by atoms with van der Waals surface area (Å²) in [5.74, 6) is 3.88. The molecule has 4 heterocycles. The number of likely N-dealkylation sites (tertiary alicyclic amines) is 2. The topological polar surface area (TPSA) is 367 Å². The van der Waals surface area contributed by atoms with Crippen LogP contribution in [0.4, 0.5) is 21.1 Å². The maximum absolute atomic E-state index is 14.2. The van der Waals surface area contributed by atoms with Gasteiger partial charge < -0.3 is 62.7 Å². The van der Waals surface area contributed by atoms with Gasteiger partial charge >= 0.3 is 23.8 Å². The molecule has 13 N–H and O–H groups in total. The molecule has 2 aliphatic heterocycles. The molecule has 26 heteroatoms. The van der Waals surface area contributed by atoms with Gasteiger partial charge in [-0.15, -0.1) is 0 Å². The van der Waals surface area contributed by atoms with Gasteiger partial charge in [0.25, 0.3) is 0 Å². The standard InChI is InChI=1S/C56H83N15O11/c1-5-6-30-80-54-67-48(57)47-49(68-54)71(55(78)66-47)32-38-14-12-37(13-15-38)31-69-26-20-40(21-27-69)41-22-28-70(29-23-41)52(76)44(10-7-8-24-60-45(73)34-82-59)65-56(79)81-33-39-16-18-42(19-17-39)63-50(74)43(11-9-25-61-53(58)77)64-51(75)46(35(2)3)62-36(4)72/h12-19,35,40-41,43-44,46H,5-11,20-34,59H2,1-4H3,(H,60,73)(H,62,72)(H,63,74)(H,64,75)(H,65,79)(H,66,78)(H2,57,67,68)(H3,58,61,77)/t43-,44-,46-/m0/s1. The molecular weight excluding hydrogens is 1060 g/mol. The number of nitrogens with one attached hydrogen (secondary N) is 7. The molecular formula is C56H83N15O11. The van der Waals surface area contributed by atoms with E-state index in [1.807, 2.05) is 17.0 Å². The summed E-state index contributed by atoms with van der Waals surface area (Å²) in [6.07, 6.45) is 6.67. The number of unbranched alkanes of at least 4 members (excludes halogenated alkanes) is 2. The number of aromatic amines is 1. The van der Waals surface area contributed by atoms with Crippen LogP contribution in [0.25, 0.3) is 11.2 Å². The lowest BCUT2D eigenvalue weighted by Crippen LogP contribution is -2.54. The number of ether oxygens (including phenoxy) is 2. The first-order chi connectivity index (χ1) is 39.4. The van der Waals surface area contributed by atoms with E-state index in [0.29, 0.717) is 92.7 Å². The number of carbonyl (C=O) groups is 7. The Kier molecular flexibility index (Phi) is 24.7. The molecule has 6 rings (SSSR count). The molecule has 2 fully saturated rings. The highest BCUT2D eigenvalue weighted by atomic mass is 16.6. The van der Waals surface area contributed by atoms with Crippen LogP contribution < -0.4 is 59.7 Å². The summed E-state index contributed by atoms with van der Waals surface area (Å²) in [5.41, 5.74) is 14.9.